The number of methoxy groups -OCH3 is 2. The first kappa shape index (κ1) is 70.2. The minimum absolute atomic E-state index is 0.00700. The molecule has 5 N–H and O–H groups in total. The van der Waals surface area contributed by atoms with Gasteiger partial charge in [-0.2, -0.15) is 0 Å². The van der Waals surface area contributed by atoms with Gasteiger partial charge in [0.25, 0.3) is 11.7 Å². The zero-order valence-corrected chi connectivity index (χ0v) is 54.3. The predicted octanol–water partition coefficient (Wildman–Crippen LogP) is 5.53. The van der Waals surface area contributed by atoms with Crippen molar-refractivity contribution in [1.29, 1.82) is 0 Å². The number of hydrogen-bond acceptors (Lipinski definition) is 22. The first-order valence-corrected chi connectivity index (χ1v) is 32.4. The van der Waals surface area contributed by atoms with Crippen LogP contribution in [-0.4, -0.2) is 200 Å². The van der Waals surface area contributed by atoms with Crippen LogP contribution in [0.3, 0.4) is 0 Å². The van der Waals surface area contributed by atoms with Crippen molar-refractivity contribution in [2.75, 3.05) is 63.3 Å². The van der Waals surface area contributed by atoms with E-state index in [4.69, 9.17) is 34.4 Å². The van der Waals surface area contributed by atoms with E-state index in [1.165, 1.54) is 19.9 Å². The molecule has 2 aromatic rings. The number of nitrogens with two attached hydrogens (primary N) is 1. The van der Waals surface area contributed by atoms with E-state index in [1.54, 1.807) is 58.5 Å². The van der Waals surface area contributed by atoms with Crippen molar-refractivity contribution in [2.24, 2.45) is 35.3 Å². The van der Waals surface area contributed by atoms with Crippen molar-refractivity contribution in [3.05, 3.63) is 83.0 Å². The number of hydrogen-bond donors (Lipinski definition) is 4. The minimum Gasteiger partial charge on any atom is -0.459 e. The summed E-state index contributed by atoms with van der Waals surface area (Å²) in [5.74, 6) is -8.13. The number of piperazine rings is 1. The van der Waals surface area contributed by atoms with Gasteiger partial charge in [0.15, 0.2) is 11.6 Å². The molecule has 1 aliphatic carbocycles. The third-order valence-corrected chi connectivity index (χ3v) is 19.3. The fraction of sp³-hybridized carbons (Fsp3) is 0.657. The van der Waals surface area contributed by atoms with Crippen molar-refractivity contribution in [3.63, 3.8) is 0 Å². The third kappa shape index (κ3) is 17.5. The number of ketones is 4. The summed E-state index contributed by atoms with van der Waals surface area (Å²) in [6, 6.07) is -2.23. The van der Waals surface area contributed by atoms with E-state index in [2.05, 4.69) is 24.8 Å². The Bertz CT molecular complexity index is 3040. The fourth-order valence-corrected chi connectivity index (χ4v) is 13.4. The standard InChI is InChI=1S/C67H95N9O15/c1-39-15-11-10-12-16-40(2)55(87-8)33-49-20-18-44(6)67(86,91-49)61(82)62(83)76-23-14-13-17-52(76)63(84)89-56(34-53(78)41(3)30-43(5)59(80)60(81)58(79)42(4)29-39)50(68)31-46-19-21-54(57(32-46)88-9)90-66(85)75-24-22-51-48(38-75)37-71-65(72-51)74-27-25-73(26-28-74)64-69-35-47(36-70-64)45(7)77/h10-12,15-16,30,35-37,39,41-42,44,46,49-50,52,54-57,59-60,80-81,86H,13-14,17-29,31-34,38,68H2,1-9H3/b12-10+,15-11+,40-16+,43-30+/t39-,41-,42-,44-,46+,49+,50-,52+,54-,55+,56+,57-,59-,60+,67-/m1/s1. The van der Waals surface area contributed by atoms with E-state index in [1.807, 2.05) is 44.2 Å². The number of Topliss-reactive ketones (excluding diaryl/α,β-unsaturated/α-hetero) is 4. The summed E-state index contributed by atoms with van der Waals surface area (Å²) in [6.07, 6.45) is 12.5. The lowest BCUT2D eigenvalue weighted by Gasteiger charge is -2.42. The molecule has 5 aliphatic heterocycles. The van der Waals surface area contributed by atoms with Crippen molar-refractivity contribution < 1.29 is 72.6 Å². The molecule has 91 heavy (non-hydrogen) atoms. The number of aliphatic hydroxyl groups excluding tert-OH is 2. The maximum Gasteiger partial charge on any atom is 0.410 e. The van der Waals surface area contributed by atoms with Gasteiger partial charge < -0.3 is 64.3 Å². The first-order chi connectivity index (χ1) is 43.4. The molecule has 3 saturated heterocycles. The topological polar surface area (TPSA) is 317 Å². The minimum atomic E-state index is -2.50. The second kappa shape index (κ2) is 31.8. The number of aliphatic hydroxyl groups is 3. The number of carbonyl (C=O) groups excluding carboxylic acids is 7. The van der Waals surface area contributed by atoms with Gasteiger partial charge in [-0.1, -0.05) is 64.2 Å². The molecule has 0 spiro atoms. The van der Waals surface area contributed by atoms with Crippen LogP contribution < -0.4 is 15.5 Å². The maximum atomic E-state index is 14.7. The van der Waals surface area contributed by atoms with Crippen LogP contribution in [0.2, 0.25) is 0 Å². The average Bonchev–Trinajstić information content (AvgIpc) is 0.868. The molecule has 0 aromatic carbocycles. The third-order valence-electron chi connectivity index (χ3n) is 19.3. The van der Waals surface area contributed by atoms with Crippen molar-refractivity contribution in [2.45, 2.75) is 199 Å². The van der Waals surface area contributed by atoms with E-state index >= 15 is 0 Å². The molecule has 1 saturated carbocycles. The van der Waals surface area contributed by atoms with Crippen molar-refractivity contribution >= 4 is 53.0 Å². The number of aromatic nitrogens is 4. The number of nitrogens with zero attached hydrogens (tertiary/aromatic N) is 8. The highest BCUT2D eigenvalue weighted by molar-refractivity contribution is 6.39. The molecule has 2 amide bonds. The Kier molecular flexibility index (Phi) is 24.5. The summed E-state index contributed by atoms with van der Waals surface area (Å²) in [6.45, 7) is 15.0. The normalized spacial score (nSPS) is 33.9. The average molecular weight is 1270 g/mol. The molecule has 2 aromatic heterocycles. The Morgan fingerprint density at radius 3 is 2.19 bits per heavy atom. The monoisotopic (exact) mass is 1270 g/mol. The largest absolute Gasteiger partial charge is 0.459 e. The van der Waals surface area contributed by atoms with Crippen molar-refractivity contribution in [3.8, 4) is 0 Å². The molecule has 0 unspecified atom stereocenters. The lowest BCUT2D eigenvalue weighted by Crippen LogP contribution is -2.61. The Morgan fingerprint density at radius 2 is 1.49 bits per heavy atom. The van der Waals surface area contributed by atoms with E-state index in [0.29, 0.717) is 108 Å². The number of esters is 1. The summed E-state index contributed by atoms with van der Waals surface area (Å²) < 4.78 is 30.4. The van der Waals surface area contributed by atoms with E-state index in [-0.39, 0.29) is 55.5 Å². The molecule has 15 atom stereocenters. The molecule has 2 bridgehead atoms. The van der Waals surface area contributed by atoms with Crippen LogP contribution in [0.5, 0.6) is 0 Å². The molecule has 24 nitrogen and oxygen atoms in total. The number of carbonyl (C=O) groups is 7. The second-order valence-electron chi connectivity index (χ2n) is 26.0. The number of allylic oxidation sites excluding steroid dienone is 6. The molecular weight excluding hydrogens is 1170 g/mol. The first-order valence-electron chi connectivity index (χ1n) is 32.4. The van der Waals surface area contributed by atoms with Gasteiger partial charge in [-0.05, 0) is 108 Å². The molecule has 8 rings (SSSR count). The van der Waals surface area contributed by atoms with Gasteiger partial charge in [-0.25, -0.2) is 29.5 Å². The Labute approximate surface area is 534 Å². The van der Waals surface area contributed by atoms with Crippen molar-refractivity contribution in [1.82, 2.24) is 29.7 Å². The van der Waals surface area contributed by atoms with Gasteiger partial charge in [-0.15, -0.1) is 0 Å². The zero-order chi connectivity index (χ0) is 65.8. The van der Waals surface area contributed by atoms with Gasteiger partial charge >= 0.3 is 12.1 Å². The highest BCUT2D eigenvalue weighted by atomic mass is 16.6. The highest BCUT2D eigenvalue weighted by Crippen LogP contribution is 2.38. The Morgan fingerprint density at radius 1 is 0.791 bits per heavy atom. The molecule has 7 heterocycles. The number of piperidine rings is 1. The van der Waals surface area contributed by atoms with Crippen LogP contribution in [0.25, 0.3) is 0 Å². The lowest BCUT2D eigenvalue weighted by atomic mass is 9.80. The number of amides is 2. The molecule has 4 fully saturated rings. The van der Waals surface area contributed by atoms with Gasteiger partial charge in [0.05, 0.1) is 36.1 Å². The predicted molar refractivity (Wildman–Crippen MR) is 336 cm³/mol. The van der Waals surface area contributed by atoms with Gasteiger partial charge in [-0.3, -0.25) is 24.0 Å². The second-order valence-corrected chi connectivity index (χ2v) is 26.0. The summed E-state index contributed by atoms with van der Waals surface area (Å²) in [4.78, 5) is 122. The van der Waals surface area contributed by atoms with Crippen LogP contribution in [0.4, 0.5) is 16.7 Å². The number of cyclic esters (lactones) is 1. The number of fused-ring (bicyclic) bond motifs is 4. The fourth-order valence-electron chi connectivity index (χ4n) is 13.4. The summed E-state index contributed by atoms with van der Waals surface area (Å²) in [5, 5.41) is 34.6. The summed E-state index contributed by atoms with van der Waals surface area (Å²) in [5.41, 5.74) is 10.2. The van der Waals surface area contributed by atoms with Crippen LogP contribution >= 0.6 is 0 Å². The molecule has 498 valence electrons. The molecular formula is C67H95N9O15. The number of ether oxygens (including phenoxy) is 5. The maximum absolute atomic E-state index is 14.7. The zero-order valence-electron chi connectivity index (χ0n) is 54.3. The summed E-state index contributed by atoms with van der Waals surface area (Å²) in [7, 11) is 3.10. The smallest absolute Gasteiger partial charge is 0.410 e. The van der Waals surface area contributed by atoms with Crippen LogP contribution in [-0.2, 0) is 60.6 Å². The van der Waals surface area contributed by atoms with Crippen LogP contribution in [0.15, 0.2) is 66.2 Å². The van der Waals surface area contributed by atoms with Gasteiger partial charge in [0.1, 0.15) is 36.2 Å². The number of rotatable bonds is 9. The molecule has 24 heteroatoms. The highest BCUT2D eigenvalue weighted by Gasteiger charge is 2.53. The quantitative estimate of drug-likeness (QED) is 0.104. The number of anilines is 2. The SMILES string of the molecule is CO[C@H]1C[C@@H]2CC[C@@H](C)[C@@](O)(O2)C(=O)C(=O)N2CCCC[C@H]2C(=O)O[C@H]([C@H](N)C[C@@H]2CC[C@@H](OC(=O)N3CCc4nc(N5CCN(c6ncc(C(C)=O)cn6)CC5)ncc4C3)[C@H](OC)C2)CC(=O)[C@H](C)/C=C(\C)[C@@H](O)[C@@H](O)C(=O)[C@H](C)C[C@H](C)/C=C/C=C/C=C/1C. The Balaban J connectivity index is 0.944. The van der Waals surface area contributed by atoms with Crippen LogP contribution in [0.1, 0.15) is 147 Å². The van der Waals surface area contributed by atoms with Gasteiger partial charge in [0, 0.05) is 121 Å². The lowest BCUT2D eigenvalue weighted by molar-refractivity contribution is -0.265. The van der Waals surface area contributed by atoms with Crippen LogP contribution in [0, 0.1) is 29.6 Å². The van der Waals surface area contributed by atoms with E-state index in [9.17, 15) is 48.9 Å². The summed E-state index contributed by atoms with van der Waals surface area (Å²) >= 11 is 0. The van der Waals surface area contributed by atoms with E-state index in [0.717, 1.165) is 21.7 Å². The van der Waals surface area contributed by atoms with Gasteiger partial charge in [0.2, 0.25) is 17.7 Å². The molecule has 0 radical (unpaired) electrons. The Hall–Kier alpha value is -6.67. The van der Waals surface area contributed by atoms with E-state index < -0.39 is 120 Å². The molecule has 6 aliphatic rings.